The molecule has 0 amide bonds. The molecule has 0 atom stereocenters. The molecule has 2 aromatic carbocycles. The lowest BCUT2D eigenvalue weighted by Crippen LogP contribution is -2.22. The Hall–Kier alpha value is -1.78. The van der Waals surface area contributed by atoms with Crippen LogP contribution in [0.25, 0.3) is 11.0 Å². The topological polar surface area (TPSA) is 40.7 Å². The van der Waals surface area contributed by atoms with E-state index in [1.807, 2.05) is 18.2 Å². The molecule has 0 aliphatic rings. The summed E-state index contributed by atoms with van der Waals surface area (Å²) in [7, 11) is 0. The highest BCUT2D eigenvalue weighted by Crippen LogP contribution is 2.29. The number of nitrogens with one attached hydrogen (secondary N) is 2. The number of nitrogens with zero attached hydrogens (tertiary/aromatic N) is 1. The highest BCUT2D eigenvalue weighted by Gasteiger charge is 2.08. The van der Waals surface area contributed by atoms with Crippen molar-refractivity contribution in [3.8, 4) is 0 Å². The van der Waals surface area contributed by atoms with Crippen LogP contribution in [0, 0.1) is 0 Å². The van der Waals surface area contributed by atoms with Crippen molar-refractivity contribution in [2.75, 3.05) is 0 Å². The molecule has 0 aliphatic carbocycles. The fourth-order valence-corrected chi connectivity index (χ4v) is 3.08. The zero-order valence-electron chi connectivity index (χ0n) is 12.3. The van der Waals surface area contributed by atoms with E-state index in [0.29, 0.717) is 6.04 Å². The smallest absolute Gasteiger partial charge is 0.171 e. The third kappa shape index (κ3) is 3.46. The van der Waals surface area contributed by atoms with E-state index >= 15 is 0 Å². The van der Waals surface area contributed by atoms with E-state index in [-0.39, 0.29) is 0 Å². The Bertz CT molecular complexity index is 700. The standard InChI is InChI=1S/C17H19N3S/c1-12(2)18-11-13-7-3-6-10-16(13)21-17-19-14-8-4-5-9-15(14)20-17/h3-10,12,18H,11H2,1-2H3,(H,19,20). The van der Waals surface area contributed by atoms with Crippen molar-refractivity contribution >= 4 is 22.8 Å². The summed E-state index contributed by atoms with van der Waals surface area (Å²) >= 11 is 1.68. The number of benzene rings is 2. The molecule has 21 heavy (non-hydrogen) atoms. The minimum atomic E-state index is 0.481. The molecule has 0 bridgehead atoms. The van der Waals surface area contributed by atoms with Gasteiger partial charge in [-0.2, -0.15) is 0 Å². The second-order valence-electron chi connectivity index (χ2n) is 5.30. The minimum Gasteiger partial charge on any atom is -0.333 e. The SMILES string of the molecule is CC(C)NCc1ccccc1Sc1nc2ccccc2[nH]1. The maximum absolute atomic E-state index is 4.63. The number of aromatic nitrogens is 2. The van der Waals surface area contributed by atoms with Crippen molar-refractivity contribution in [2.24, 2.45) is 0 Å². The average molecular weight is 297 g/mol. The van der Waals surface area contributed by atoms with E-state index in [1.165, 1.54) is 10.5 Å². The third-order valence-electron chi connectivity index (χ3n) is 3.25. The Morgan fingerprint density at radius 3 is 2.67 bits per heavy atom. The van der Waals surface area contributed by atoms with Crippen LogP contribution in [0.1, 0.15) is 19.4 Å². The molecule has 0 saturated heterocycles. The number of hydrogen-bond acceptors (Lipinski definition) is 3. The van der Waals surface area contributed by atoms with Crippen LogP contribution in [-0.2, 0) is 6.54 Å². The van der Waals surface area contributed by atoms with Crippen LogP contribution in [0.2, 0.25) is 0 Å². The van der Waals surface area contributed by atoms with Gasteiger partial charge in [0.25, 0.3) is 0 Å². The van der Waals surface area contributed by atoms with E-state index in [4.69, 9.17) is 0 Å². The first kappa shape index (κ1) is 14.2. The van der Waals surface area contributed by atoms with Gasteiger partial charge in [0.1, 0.15) is 0 Å². The van der Waals surface area contributed by atoms with Crippen LogP contribution in [0.5, 0.6) is 0 Å². The number of imidazole rings is 1. The Morgan fingerprint density at radius 2 is 1.86 bits per heavy atom. The number of rotatable bonds is 5. The lowest BCUT2D eigenvalue weighted by molar-refractivity contribution is 0.585. The predicted molar refractivity (Wildman–Crippen MR) is 88.6 cm³/mol. The largest absolute Gasteiger partial charge is 0.333 e. The highest BCUT2D eigenvalue weighted by atomic mass is 32.2. The Kier molecular flexibility index (Phi) is 4.27. The molecule has 0 saturated carbocycles. The second-order valence-corrected chi connectivity index (χ2v) is 6.34. The Morgan fingerprint density at radius 1 is 1.10 bits per heavy atom. The predicted octanol–water partition coefficient (Wildman–Crippen LogP) is 4.21. The summed E-state index contributed by atoms with van der Waals surface area (Å²) in [4.78, 5) is 9.24. The molecule has 0 radical (unpaired) electrons. The molecule has 0 unspecified atom stereocenters. The maximum Gasteiger partial charge on any atom is 0.171 e. The number of para-hydroxylation sites is 2. The van der Waals surface area contributed by atoms with Crippen molar-refractivity contribution < 1.29 is 0 Å². The van der Waals surface area contributed by atoms with Crippen LogP contribution < -0.4 is 5.32 Å². The summed E-state index contributed by atoms with van der Waals surface area (Å²) in [5.74, 6) is 0. The van der Waals surface area contributed by atoms with Crippen LogP contribution in [0.4, 0.5) is 0 Å². The van der Waals surface area contributed by atoms with Gasteiger partial charge >= 0.3 is 0 Å². The number of fused-ring (bicyclic) bond motifs is 1. The second kappa shape index (κ2) is 6.33. The van der Waals surface area contributed by atoms with Gasteiger partial charge in [0, 0.05) is 17.5 Å². The van der Waals surface area contributed by atoms with Gasteiger partial charge in [-0.05, 0) is 23.8 Å². The monoisotopic (exact) mass is 297 g/mol. The molecule has 0 aliphatic heterocycles. The molecule has 1 aromatic heterocycles. The van der Waals surface area contributed by atoms with Crippen molar-refractivity contribution in [2.45, 2.75) is 36.5 Å². The molecule has 3 rings (SSSR count). The molecule has 4 heteroatoms. The van der Waals surface area contributed by atoms with Gasteiger partial charge in [0.2, 0.25) is 0 Å². The zero-order valence-corrected chi connectivity index (χ0v) is 13.1. The summed E-state index contributed by atoms with van der Waals surface area (Å²) < 4.78 is 0. The summed E-state index contributed by atoms with van der Waals surface area (Å²) in [6.07, 6.45) is 0. The molecular weight excluding hydrogens is 278 g/mol. The summed E-state index contributed by atoms with van der Waals surface area (Å²) in [6, 6.07) is 17.1. The van der Waals surface area contributed by atoms with Crippen LogP contribution >= 0.6 is 11.8 Å². The van der Waals surface area contributed by atoms with E-state index in [1.54, 1.807) is 11.8 Å². The van der Waals surface area contributed by atoms with E-state index in [2.05, 4.69) is 59.5 Å². The summed E-state index contributed by atoms with van der Waals surface area (Å²) in [5.41, 5.74) is 3.40. The Balaban J connectivity index is 1.83. The molecule has 3 aromatic rings. The first-order valence-electron chi connectivity index (χ1n) is 7.16. The molecule has 1 heterocycles. The molecular formula is C17H19N3S. The highest BCUT2D eigenvalue weighted by molar-refractivity contribution is 7.99. The van der Waals surface area contributed by atoms with Gasteiger partial charge < -0.3 is 10.3 Å². The van der Waals surface area contributed by atoms with E-state index < -0.39 is 0 Å². The number of hydrogen-bond donors (Lipinski definition) is 2. The fraction of sp³-hybridized carbons (Fsp3) is 0.235. The van der Waals surface area contributed by atoms with Crippen molar-refractivity contribution in [3.63, 3.8) is 0 Å². The van der Waals surface area contributed by atoms with Gasteiger partial charge in [-0.3, -0.25) is 0 Å². The molecule has 3 nitrogen and oxygen atoms in total. The molecule has 108 valence electrons. The van der Waals surface area contributed by atoms with Crippen LogP contribution in [0.15, 0.2) is 58.6 Å². The van der Waals surface area contributed by atoms with Gasteiger partial charge in [-0.25, -0.2) is 4.98 Å². The minimum absolute atomic E-state index is 0.481. The first-order valence-corrected chi connectivity index (χ1v) is 7.98. The zero-order chi connectivity index (χ0) is 14.7. The van der Waals surface area contributed by atoms with Crippen LogP contribution in [-0.4, -0.2) is 16.0 Å². The summed E-state index contributed by atoms with van der Waals surface area (Å²) in [6.45, 7) is 5.20. The van der Waals surface area contributed by atoms with E-state index in [9.17, 15) is 0 Å². The quantitative estimate of drug-likeness (QED) is 0.741. The van der Waals surface area contributed by atoms with Gasteiger partial charge in [-0.1, -0.05) is 55.9 Å². The normalized spacial score (nSPS) is 11.4. The van der Waals surface area contributed by atoms with Gasteiger partial charge in [-0.15, -0.1) is 0 Å². The summed E-state index contributed by atoms with van der Waals surface area (Å²) in [5, 5.41) is 4.41. The molecule has 0 fully saturated rings. The number of aromatic amines is 1. The number of H-pyrrole nitrogens is 1. The molecule has 0 spiro atoms. The van der Waals surface area contributed by atoms with Crippen molar-refractivity contribution in [1.29, 1.82) is 0 Å². The average Bonchev–Trinajstić information content (AvgIpc) is 2.88. The van der Waals surface area contributed by atoms with Gasteiger partial charge in [0.05, 0.1) is 11.0 Å². The van der Waals surface area contributed by atoms with Gasteiger partial charge in [0.15, 0.2) is 5.16 Å². The fourth-order valence-electron chi connectivity index (χ4n) is 2.15. The lowest BCUT2D eigenvalue weighted by atomic mass is 10.2. The van der Waals surface area contributed by atoms with Crippen molar-refractivity contribution in [3.05, 3.63) is 54.1 Å². The van der Waals surface area contributed by atoms with Crippen LogP contribution in [0.3, 0.4) is 0 Å². The van der Waals surface area contributed by atoms with E-state index in [0.717, 1.165) is 22.7 Å². The third-order valence-corrected chi connectivity index (χ3v) is 4.25. The Labute approximate surface area is 129 Å². The van der Waals surface area contributed by atoms with Crippen molar-refractivity contribution in [1.82, 2.24) is 15.3 Å². The molecule has 2 N–H and O–H groups in total. The maximum atomic E-state index is 4.63. The lowest BCUT2D eigenvalue weighted by Gasteiger charge is -2.11. The first-order chi connectivity index (χ1) is 10.2.